The van der Waals surface area contributed by atoms with Gasteiger partial charge in [-0.25, -0.2) is 0 Å². The molecule has 0 radical (unpaired) electrons. The smallest absolute Gasteiger partial charge is 0.305 e. The van der Waals surface area contributed by atoms with Crippen molar-refractivity contribution in [3.63, 3.8) is 0 Å². The van der Waals surface area contributed by atoms with Gasteiger partial charge >= 0.3 is 5.97 Å². The van der Waals surface area contributed by atoms with Crippen molar-refractivity contribution in [3.05, 3.63) is 0 Å². The van der Waals surface area contributed by atoms with E-state index in [0.717, 1.165) is 0 Å². The lowest BCUT2D eigenvalue weighted by molar-refractivity contribution is -0.139. The van der Waals surface area contributed by atoms with Gasteiger partial charge in [-0.05, 0) is 25.2 Å². The molecule has 0 aromatic carbocycles. The van der Waals surface area contributed by atoms with E-state index in [2.05, 4.69) is 26.1 Å². The SMILES string of the molecule is CC(C)(C)C(C)(CC(=O)O)NC1CC1. The van der Waals surface area contributed by atoms with Crippen molar-refractivity contribution in [3.8, 4) is 0 Å². The Morgan fingerprint density at radius 1 is 1.36 bits per heavy atom. The van der Waals surface area contributed by atoms with Crippen molar-refractivity contribution < 1.29 is 9.90 Å². The molecule has 0 bridgehead atoms. The average molecular weight is 199 g/mol. The maximum Gasteiger partial charge on any atom is 0.305 e. The van der Waals surface area contributed by atoms with Gasteiger partial charge in [-0.2, -0.15) is 0 Å². The third-order valence-corrected chi connectivity index (χ3v) is 3.26. The molecular weight excluding hydrogens is 178 g/mol. The van der Waals surface area contributed by atoms with E-state index in [4.69, 9.17) is 5.11 Å². The van der Waals surface area contributed by atoms with Gasteiger partial charge in [-0.15, -0.1) is 0 Å². The van der Waals surface area contributed by atoms with Crippen LogP contribution in [0.25, 0.3) is 0 Å². The molecule has 1 rings (SSSR count). The third kappa shape index (κ3) is 2.71. The molecule has 3 nitrogen and oxygen atoms in total. The van der Waals surface area contributed by atoms with E-state index in [1.54, 1.807) is 0 Å². The van der Waals surface area contributed by atoms with Gasteiger partial charge in [0.15, 0.2) is 0 Å². The molecule has 82 valence electrons. The lowest BCUT2D eigenvalue weighted by Crippen LogP contribution is -2.54. The molecule has 3 heteroatoms. The van der Waals surface area contributed by atoms with E-state index in [1.165, 1.54) is 12.8 Å². The van der Waals surface area contributed by atoms with Gasteiger partial charge < -0.3 is 10.4 Å². The van der Waals surface area contributed by atoms with Crippen LogP contribution in [0.1, 0.15) is 47.0 Å². The van der Waals surface area contributed by atoms with Crippen LogP contribution in [0.15, 0.2) is 0 Å². The highest BCUT2D eigenvalue weighted by Gasteiger charge is 2.42. The number of carboxylic acids is 1. The first-order valence-corrected chi connectivity index (χ1v) is 5.24. The molecule has 1 unspecified atom stereocenters. The number of rotatable bonds is 4. The number of nitrogens with one attached hydrogen (secondary N) is 1. The van der Waals surface area contributed by atoms with Crippen molar-refractivity contribution in [2.24, 2.45) is 5.41 Å². The molecule has 2 N–H and O–H groups in total. The number of carboxylic acid groups (broad SMARTS) is 1. The topological polar surface area (TPSA) is 49.3 Å². The highest BCUT2D eigenvalue weighted by molar-refractivity contribution is 5.68. The van der Waals surface area contributed by atoms with Crippen molar-refractivity contribution in [2.45, 2.75) is 58.5 Å². The van der Waals surface area contributed by atoms with Crippen LogP contribution >= 0.6 is 0 Å². The quantitative estimate of drug-likeness (QED) is 0.728. The Labute approximate surface area is 85.9 Å². The summed E-state index contributed by atoms with van der Waals surface area (Å²) in [5, 5.41) is 12.4. The summed E-state index contributed by atoms with van der Waals surface area (Å²) in [7, 11) is 0. The number of carbonyl (C=O) groups is 1. The van der Waals surface area contributed by atoms with Crippen molar-refractivity contribution >= 4 is 5.97 Å². The zero-order valence-electron chi connectivity index (χ0n) is 9.55. The average Bonchev–Trinajstić information content (AvgIpc) is 2.66. The van der Waals surface area contributed by atoms with Gasteiger partial charge in [0.25, 0.3) is 0 Å². The zero-order chi connectivity index (χ0) is 11.0. The summed E-state index contributed by atoms with van der Waals surface area (Å²) in [6.07, 6.45) is 2.56. The van der Waals surface area contributed by atoms with Crippen LogP contribution in [0.2, 0.25) is 0 Å². The molecule has 1 aliphatic carbocycles. The second-order valence-corrected chi connectivity index (χ2v) is 5.57. The Kier molecular flexibility index (Phi) is 2.91. The minimum Gasteiger partial charge on any atom is -0.481 e. The van der Waals surface area contributed by atoms with E-state index >= 15 is 0 Å². The van der Waals surface area contributed by atoms with Gasteiger partial charge in [0, 0.05) is 11.6 Å². The van der Waals surface area contributed by atoms with Crippen molar-refractivity contribution in [1.82, 2.24) is 5.32 Å². The van der Waals surface area contributed by atoms with E-state index in [9.17, 15) is 4.79 Å². The maximum absolute atomic E-state index is 10.8. The first-order valence-electron chi connectivity index (χ1n) is 5.24. The van der Waals surface area contributed by atoms with Gasteiger partial charge in [0.1, 0.15) is 0 Å². The largest absolute Gasteiger partial charge is 0.481 e. The summed E-state index contributed by atoms with van der Waals surface area (Å²) in [4.78, 5) is 10.8. The number of hydrogen-bond donors (Lipinski definition) is 2. The van der Waals surface area contributed by atoms with Crippen molar-refractivity contribution in [2.75, 3.05) is 0 Å². The predicted molar refractivity (Wildman–Crippen MR) is 56.3 cm³/mol. The van der Waals surface area contributed by atoms with Gasteiger partial charge in [-0.3, -0.25) is 4.79 Å². The van der Waals surface area contributed by atoms with Crippen LogP contribution in [0.3, 0.4) is 0 Å². The van der Waals surface area contributed by atoms with Crippen LogP contribution in [-0.2, 0) is 4.79 Å². The molecule has 0 spiro atoms. The first-order chi connectivity index (χ1) is 6.24. The Morgan fingerprint density at radius 2 is 1.86 bits per heavy atom. The van der Waals surface area contributed by atoms with Gasteiger partial charge in [0.2, 0.25) is 0 Å². The molecule has 0 aromatic heterocycles. The standard InChI is InChI=1S/C11H21NO2/c1-10(2,3)11(4,7-9(13)14)12-8-5-6-8/h8,12H,5-7H2,1-4H3,(H,13,14). The van der Waals surface area contributed by atoms with E-state index < -0.39 is 5.97 Å². The molecule has 1 saturated carbocycles. The van der Waals surface area contributed by atoms with E-state index in [1.807, 2.05) is 6.92 Å². The second-order valence-electron chi connectivity index (χ2n) is 5.57. The highest BCUT2D eigenvalue weighted by atomic mass is 16.4. The number of hydrogen-bond acceptors (Lipinski definition) is 2. The Morgan fingerprint density at radius 3 is 2.14 bits per heavy atom. The third-order valence-electron chi connectivity index (χ3n) is 3.26. The normalized spacial score (nSPS) is 21.7. The summed E-state index contributed by atoms with van der Waals surface area (Å²) < 4.78 is 0. The summed E-state index contributed by atoms with van der Waals surface area (Å²) in [5.74, 6) is -0.726. The minimum atomic E-state index is -0.726. The van der Waals surface area contributed by atoms with Crippen LogP contribution < -0.4 is 5.32 Å². The van der Waals surface area contributed by atoms with Crippen molar-refractivity contribution in [1.29, 1.82) is 0 Å². The molecule has 0 aromatic rings. The fraction of sp³-hybridized carbons (Fsp3) is 0.909. The molecule has 0 saturated heterocycles. The molecule has 1 atom stereocenters. The van der Waals surface area contributed by atoms with Gasteiger partial charge in [0.05, 0.1) is 6.42 Å². The maximum atomic E-state index is 10.8. The fourth-order valence-corrected chi connectivity index (χ4v) is 1.51. The fourth-order valence-electron chi connectivity index (χ4n) is 1.51. The molecule has 0 heterocycles. The summed E-state index contributed by atoms with van der Waals surface area (Å²) >= 11 is 0. The molecule has 1 fully saturated rings. The van der Waals surface area contributed by atoms with Gasteiger partial charge in [-0.1, -0.05) is 20.8 Å². The van der Waals surface area contributed by atoms with E-state index in [0.29, 0.717) is 6.04 Å². The zero-order valence-corrected chi connectivity index (χ0v) is 9.55. The predicted octanol–water partition coefficient (Wildman–Crippen LogP) is 2.02. The molecule has 0 amide bonds. The molecule has 1 aliphatic rings. The van der Waals surface area contributed by atoms with E-state index in [-0.39, 0.29) is 17.4 Å². The summed E-state index contributed by atoms with van der Waals surface area (Å²) in [6.45, 7) is 8.28. The highest BCUT2D eigenvalue weighted by Crippen LogP contribution is 2.36. The molecular formula is C11H21NO2. The molecule has 14 heavy (non-hydrogen) atoms. The lowest BCUT2D eigenvalue weighted by Gasteiger charge is -2.42. The second kappa shape index (κ2) is 3.54. The minimum absolute atomic E-state index is 0.0337. The summed E-state index contributed by atoms with van der Waals surface area (Å²) in [5.41, 5.74) is -0.339. The Balaban J connectivity index is 2.70. The van der Waals surface area contributed by atoms with Crippen LogP contribution in [0.5, 0.6) is 0 Å². The van der Waals surface area contributed by atoms with Crippen LogP contribution in [0, 0.1) is 5.41 Å². The Bertz CT molecular complexity index is 228. The monoisotopic (exact) mass is 199 g/mol. The first kappa shape index (κ1) is 11.5. The summed E-state index contributed by atoms with van der Waals surface area (Å²) in [6, 6.07) is 0.540. The van der Waals surface area contributed by atoms with Crippen LogP contribution in [-0.4, -0.2) is 22.7 Å². The van der Waals surface area contributed by atoms with Crippen LogP contribution in [0.4, 0.5) is 0 Å². The number of aliphatic carboxylic acids is 1. The Hall–Kier alpha value is -0.570. The lowest BCUT2D eigenvalue weighted by atomic mass is 9.72. The molecule has 0 aliphatic heterocycles.